The SMILES string of the molecule is CCCCN1CC(CC)CC(CC)C1. The van der Waals surface area contributed by atoms with E-state index in [0.29, 0.717) is 0 Å². The van der Waals surface area contributed by atoms with E-state index in [-0.39, 0.29) is 0 Å². The highest BCUT2D eigenvalue weighted by atomic mass is 15.1. The van der Waals surface area contributed by atoms with E-state index in [1.54, 1.807) is 0 Å². The third-order valence-electron chi connectivity index (χ3n) is 3.68. The number of hydrogen-bond donors (Lipinski definition) is 0. The molecule has 1 rings (SSSR count). The molecule has 0 aromatic rings. The molecule has 1 aliphatic heterocycles. The first kappa shape index (κ1) is 12.0. The average Bonchev–Trinajstić information content (AvgIpc) is 2.25. The molecule has 0 radical (unpaired) electrons. The standard InChI is InChI=1S/C13H27N/c1-4-7-8-14-10-12(5-2)9-13(6-3)11-14/h12-13H,4-11H2,1-3H3. The van der Waals surface area contributed by atoms with E-state index in [1.807, 2.05) is 0 Å². The Morgan fingerprint density at radius 1 is 1.00 bits per heavy atom. The second-order valence-electron chi connectivity index (χ2n) is 4.90. The zero-order valence-electron chi connectivity index (χ0n) is 10.3. The molecule has 0 aromatic heterocycles. The zero-order chi connectivity index (χ0) is 10.4. The van der Waals surface area contributed by atoms with Crippen LogP contribution in [0.4, 0.5) is 0 Å². The molecular formula is C13H27N. The van der Waals surface area contributed by atoms with Crippen LogP contribution in [0.5, 0.6) is 0 Å². The smallest absolute Gasteiger partial charge is 0.000978 e. The van der Waals surface area contributed by atoms with E-state index in [0.717, 1.165) is 11.8 Å². The second kappa shape index (κ2) is 6.44. The second-order valence-corrected chi connectivity index (χ2v) is 4.90. The minimum absolute atomic E-state index is 0.977. The Morgan fingerprint density at radius 2 is 1.57 bits per heavy atom. The van der Waals surface area contributed by atoms with Gasteiger partial charge in [0.25, 0.3) is 0 Å². The van der Waals surface area contributed by atoms with Crippen molar-refractivity contribution in [1.82, 2.24) is 4.90 Å². The van der Waals surface area contributed by atoms with Crippen LogP contribution in [0, 0.1) is 11.8 Å². The van der Waals surface area contributed by atoms with Crippen LogP contribution in [0.25, 0.3) is 0 Å². The minimum Gasteiger partial charge on any atom is -0.303 e. The molecule has 2 atom stereocenters. The maximum Gasteiger partial charge on any atom is 0.000978 e. The van der Waals surface area contributed by atoms with Gasteiger partial charge < -0.3 is 4.90 Å². The molecule has 2 unspecified atom stereocenters. The molecule has 1 fully saturated rings. The Kier molecular flexibility index (Phi) is 5.54. The summed E-state index contributed by atoms with van der Waals surface area (Å²) in [7, 11) is 0. The van der Waals surface area contributed by atoms with Gasteiger partial charge in [0, 0.05) is 13.1 Å². The summed E-state index contributed by atoms with van der Waals surface area (Å²) in [6.45, 7) is 11.1. The van der Waals surface area contributed by atoms with Crippen molar-refractivity contribution in [1.29, 1.82) is 0 Å². The van der Waals surface area contributed by atoms with Gasteiger partial charge in [-0.05, 0) is 31.2 Å². The fourth-order valence-corrected chi connectivity index (χ4v) is 2.58. The fraction of sp³-hybridized carbons (Fsp3) is 1.00. The lowest BCUT2D eigenvalue weighted by Gasteiger charge is -2.37. The van der Waals surface area contributed by atoms with Crippen LogP contribution >= 0.6 is 0 Å². The molecule has 0 aromatic carbocycles. The fourth-order valence-electron chi connectivity index (χ4n) is 2.58. The summed E-state index contributed by atoms with van der Waals surface area (Å²) in [5, 5.41) is 0. The van der Waals surface area contributed by atoms with Gasteiger partial charge in [0.2, 0.25) is 0 Å². The molecule has 14 heavy (non-hydrogen) atoms. The van der Waals surface area contributed by atoms with Crippen LogP contribution in [0.3, 0.4) is 0 Å². The van der Waals surface area contributed by atoms with Crippen LogP contribution < -0.4 is 0 Å². The molecule has 0 bridgehead atoms. The monoisotopic (exact) mass is 197 g/mol. The number of nitrogens with zero attached hydrogens (tertiary/aromatic N) is 1. The molecule has 0 aliphatic carbocycles. The molecule has 1 saturated heterocycles. The van der Waals surface area contributed by atoms with Gasteiger partial charge in [-0.2, -0.15) is 0 Å². The third-order valence-corrected chi connectivity index (χ3v) is 3.68. The Morgan fingerprint density at radius 3 is 2.00 bits per heavy atom. The van der Waals surface area contributed by atoms with Crippen molar-refractivity contribution in [2.24, 2.45) is 11.8 Å². The van der Waals surface area contributed by atoms with Crippen molar-refractivity contribution in [3.05, 3.63) is 0 Å². The zero-order valence-corrected chi connectivity index (χ0v) is 10.3. The Bertz CT molecular complexity index is 132. The lowest BCUT2D eigenvalue weighted by Crippen LogP contribution is -2.40. The predicted molar refractivity (Wildman–Crippen MR) is 63.5 cm³/mol. The molecule has 0 saturated carbocycles. The Labute approximate surface area is 89.9 Å². The first-order valence-corrected chi connectivity index (χ1v) is 6.52. The summed E-state index contributed by atoms with van der Waals surface area (Å²) < 4.78 is 0. The summed E-state index contributed by atoms with van der Waals surface area (Å²) in [5.74, 6) is 1.95. The summed E-state index contributed by atoms with van der Waals surface area (Å²) in [4.78, 5) is 2.70. The van der Waals surface area contributed by atoms with Gasteiger partial charge in [0.05, 0.1) is 0 Å². The van der Waals surface area contributed by atoms with Gasteiger partial charge in [0.1, 0.15) is 0 Å². The van der Waals surface area contributed by atoms with Crippen LogP contribution in [0.1, 0.15) is 52.9 Å². The summed E-state index contributed by atoms with van der Waals surface area (Å²) in [6, 6.07) is 0. The van der Waals surface area contributed by atoms with Gasteiger partial charge in [-0.25, -0.2) is 0 Å². The summed E-state index contributed by atoms with van der Waals surface area (Å²) in [6.07, 6.45) is 6.95. The van der Waals surface area contributed by atoms with E-state index in [9.17, 15) is 0 Å². The molecule has 1 aliphatic rings. The van der Waals surface area contributed by atoms with Gasteiger partial charge in [-0.15, -0.1) is 0 Å². The van der Waals surface area contributed by atoms with E-state index in [1.165, 1.54) is 51.7 Å². The Balaban J connectivity index is 2.35. The average molecular weight is 197 g/mol. The van der Waals surface area contributed by atoms with E-state index in [4.69, 9.17) is 0 Å². The lowest BCUT2D eigenvalue weighted by atomic mass is 9.86. The number of piperidine rings is 1. The minimum atomic E-state index is 0.977. The molecule has 1 heteroatoms. The third kappa shape index (κ3) is 3.61. The Hall–Kier alpha value is -0.0400. The molecule has 84 valence electrons. The first-order chi connectivity index (χ1) is 6.80. The first-order valence-electron chi connectivity index (χ1n) is 6.52. The number of rotatable bonds is 5. The van der Waals surface area contributed by atoms with Crippen molar-refractivity contribution >= 4 is 0 Å². The quantitative estimate of drug-likeness (QED) is 0.651. The van der Waals surface area contributed by atoms with Crippen molar-refractivity contribution < 1.29 is 0 Å². The lowest BCUT2D eigenvalue weighted by molar-refractivity contribution is 0.118. The van der Waals surface area contributed by atoms with Crippen LogP contribution in [-0.2, 0) is 0 Å². The molecule has 1 nitrogen and oxygen atoms in total. The summed E-state index contributed by atoms with van der Waals surface area (Å²) in [5.41, 5.74) is 0. The van der Waals surface area contributed by atoms with Gasteiger partial charge in [0.15, 0.2) is 0 Å². The molecule has 0 amide bonds. The van der Waals surface area contributed by atoms with Gasteiger partial charge in [-0.1, -0.05) is 40.0 Å². The van der Waals surface area contributed by atoms with Crippen LogP contribution in [0.15, 0.2) is 0 Å². The van der Waals surface area contributed by atoms with Gasteiger partial charge in [-0.3, -0.25) is 0 Å². The van der Waals surface area contributed by atoms with Crippen molar-refractivity contribution in [2.45, 2.75) is 52.9 Å². The highest BCUT2D eigenvalue weighted by molar-refractivity contribution is 4.77. The number of hydrogen-bond acceptors (Lipinski definition) is 1. The van der Waals surface area contributed by atoms with Crippen LogP contribution in [-0.4, -0.2) is 24.5 Å². The highest BCUT2D eigenvalue weighted by Gasteiger charge is 2.24. The predicted octanol–water partition coefficient (Wildman–Crippen LogP) is 3.54. The molecule has 0 N–H and O–H groups in total. The maximum atomic E-state index is 2.70. The summed E-state index contributed by atoms with van der Waals surface area (Å²) >= 11 is 0. The normalized spacial score (nSPS) is 29.4. The molecule has 0 spiro atoms. The van der Waals surface area contributed by atoms with Crippen molar-refractivity contribution in [3.8, 4) is 0 Å². The largest absolute Gasteiger partial charge is 0.303 e. The van der Waals surface area contributed by atoms with Crippen molar-refractivity contribution in [3.63, 3.8) is 0 Å². The number of unbranched alkanes of at least 4 members (excludes halogenated alkanes) is 1. The number of likely N-dealkylation sites (tertiary alicyclic amines) is 1. The van der Waals surface area contributed by atoms with Crippen molar-refractivity contribution in [2.75, 3.05) is 19.6 Å². The maximum absolute atomic E-state index is 2.70. The van der Waals surface area contributed by atoms with E-state index in [2.05, 4.69) is 25.7 Å². The highest BCUT2D eigenvalue weighted by Crippen LogP contribution is 2.26. The molecular weight excluding hydrogens is 170 g/mol. The van der Waals surface area contributed by atoms with E-state index < -0.39 is 0 Å². The van der Waals surface area contributed by atoms with Crippen LogP contribution in [0.2, 0.25) is 0 Å². The van der Waals surface area contributed by atoms with Gasteiger partial charge >= 0.3 is 0 Å². The van der Waals surface area contributed by atoms with E-state index >= 15 is 0 Å². The molecule has 1 heterocycles. The topological polar surface area (TPSA) is 3.24 Å².